The summed E-state index contributed by atoms with van der Waals surface area (Å²) in [6, 6.07) is 0.750. The molecule has 3 unspecified atom stereocenters. The summed E-state index contributed by atoms with van der Waals surface area (Å²) in [4.78, 5) is 16.8. The van der Waals surface area contributed by atoms with Crippen molar-refractivity contribution in [1.29, 1.82) is 0 Å². The number of thioether (sulfide) groups is 1. The van der Waals surface area contributed by atoms with Crippen molar-refractivity contribution in [2.24, 2.45) is 0 Å². The first-order valence-corrected chi connectivity index (χ1v) is 9.35. The van der Waals surface area contributed by atoms with E-state index < -0.39 is 0 Å². The number of urea groups is 1. The summed E-state index contributed by atoms with van der Waals surface area (Å²) in [7, 11) is 4.29. The Morgan fingerprint density at radius 1 is 1.24 bits per heavy atom. The lowest BCUT2D eigenvalue weighted by molar-refractivity contribution is 0.114. The summed E-state index contributed by atoms with van der Waals surface area (Å²) >= 11 is 1.89. The maximum atomic E-state index is 12.1. The van der Waals surface area contributed by atoms with Gasteiger partial charge in [0.15, 0.2) is 0 Å². The quantitative estimate of drug-likeness (QED) is 0.819. The Balaban J connectivity index is 1.73. The Hall–Kier alpha value is -0.460. The molecule has 1 aliphatic carbocycles. The van der Waals surface area contributed by atoms with Crippen LogP contribution in [0.15, 0.2) is 0 Å². The number of hydrogen-bond donors (Lipinski definition) is 2. The zero-order chi connectivity index (χ0) is 15.2. The van der Waals surface area contributed by atoms with Gasteiger partial charge in [0.2, 0.25) is 0 Å². The molecule has 1 saturated carbocycles. The highest BCUT2D eigenvalue weighted by molar-refractivity contribution is 7.99. The van der Waals surface area contributed by atoms with Gasteiger partial charge in [-0.2, -0.15) is 11.8 Å². The average Bonchev–Trinajstić information content (AvgIpc) is 2.49. The van der Waals surface area contributed by atoms with Gasteiger partial charge in [-0.25, -0.2) is 4.79 Å². The molecule has 2 aliphatic rings. The standard InChI is InChI=1S/C15H30N4OS/c1-18-8-9-19(2)12(11-18)10-16-15(20)17-13-6-4-5-7-14(13)21-3/h12-14H,4-11H2,1-3H3,(H2,16,17,20). The Labute approximate surface area is 133 Å². The number of nitrogens with one attached hydrogen (secondary N) is 2. The topological polar surface area (TPSA) is 47.6 Å². The largest absolute Gasteiger partial charge is 0.337 e. The number of nitrogens with zero attached hydrogens (tertiary/aromatic N) is 2. The second-order valence-corrected chi connectivity index (χ2v) is 7.49. The second kappa shape index (κ2) is 8.25. The third-order valence-corrected chi connectivity index (χ3v) is 5.97. The van der Waals surface area contributed by atoms with Crippen LogP contribution in [0.4, 0.5) is 4.79 Å². The summed E-state index contributed by atoms with van der Waals surface area (Å²) in [6.07, 6.45) is 7.02. The molecule has 1 saturated heterocycles. The number of amides is 2. The fourth-order valence-corrected chi connectivity index (χ4v) is 4.23. The van der Waals surface area contributed by atoms with Crippen molar-refractivity contribution >= 4 is 17.8 Å². The molecule has 21 heavy (non-hydrogen) atoms. The van der Waals surface area contributed by atoms with Crippen LogP contribution in [0.25, 0.3) is 0 Å². The number of rotatable bonds is 4. The van der Waals surface area contributed by atoms with Crippen LogP contribution >= 0.6 is 11.8 Å². The van der Waals surface area contributed by atoms with Gasteiger partial charge >= 0.3 is 6.03 Å². The molecule has 6 heteroatoms. The molecule has 1 heterocycles. The van der Waals surface area contributed by atoms with E-state index in [1.807, 2.05) is 11.8 Å². The maximum absolute atomic E-state index is 12.1. The van der Waals surface area contributed by atoms with E-state index in [4.69, 9.17) is 0 Å². The van der Waals surface area contributed by atoms with Crippen LogP contribution in [0.1, 0.15) is 25.7 Å². The van der Waals surface area contributed by atoms with Crippen molar-refractivity contribution < 1.29 is 4.79 Å². The molecule has 2 rings (SSSR count). The molecule has 1 aliphatic heterocycles. The van der Waals surface area contributed by atoms with Crippen LogP contribution in [0.3, 0.4) is 0 Å². The Kier molecular flexibility index (Phi) is 6.64. The number of hydrogen-bond acceptors (Lipinski definition) is 4. The molecule has 2 amide bonds. The molecule has 0 bridgehead atoms. The number of carbonyl (C=O) groups excluding carboxylic acids is 1. The molecule has 0 aromatic rings. The first kappa shape index (κ1) is 16.9. The summed E-state index contributed by atoms with van der Waals surface area (Å²) in [6.45, 7) is 3.93. The van der Waals surface area contributed by atoms with Gasteiger partial charge in [0.1, 0.15) is 0 Å². The normalized spacial score (nSPS) is 31.9. The second-order valence-electron chi connectivity index (χ2n) is 6.42. The molecule has 2 N–H and O–H groups in total. The van der Waals surface area contributed by atoms with Gasteiger partial charge in [-0.1, -0.05) is 12.8 Å². The monoisotopic (exact) mass is 314 g/mol. The Morgan fingerprint density at radius 2 is 2.00 bits per heavy atom. The van der Waals surface area contributed by atoms with E-state index in [0.717, 1.165) is 32.6 Å². The molecule has 3 atom stereocenters. The van der Waals surface area contributed by atoms with E-state index in [2.05, 4.69) is 40.8 Å². The minimum absolute atomic E-state index is 0.00239. The predicted octanol–water partition coefficient (Wildman–Crippen LogP) is 1.21. The maximum Gasteiger partial charge on any atom is 0.315 e. The van der Waals surface area contributed by atoms with Crippen molar-refractivity contribution in [3.05, 3.63) is 0 Å². The molecular weight excluding hydrogens is 284 g/mol. The van der Waals surface area contributed by atoms with E-state index >= 15 is 0 Å². The van der Waals surface area contributed by atoms with Crippen LogP contribution in [0.2, 0.25) is 0 Å². The molecule has 2 fully saturated rings. The predicted molar refractivity (Wildman–Crippen MR) is 90.0 cm³/mol. The zero-order valence-electron chi connectivity index (χ0n) is 13.6. The summed E-state index contributed by atoms with van der Waals surface area (Å²) in [5.41, 5.74) is 0. The summed E-state index contributed by atoms with van der Waals surface area (Å²) in [5.74, 6) is 0. The molecule has 0 radical (unpaired) electrons. The van der Waals surface area contributed by atoms with Crippen LogP contribution in [-0.4, -0.2) is 79.7 Å². The minimum atomic E-state index is 0.00239. The highest BCUT2D eigenvalue weighted by atomic mass is 32.2. The van der Waals surface area contributed by atoms with E-state index in [-0.39, 0.29) is 6.03 Å². The average molecular weight is 314 g/mol. The van der Waals surface area contributed by atoms with Crippen molar-refractivity contribution in [1.82, 2.24) is 20.4 Å². The van der Waals surface area contributed by atoms with Crippen molar-refractivity contribution in [3.8, 4) is 0 Å². The fourth-order valence-electron chi connectivity index (χ4n) is 3.30. The van der Waals surface area contributed by atoms with Gasteiger partial charge < -0.3 is 15.5 Å². The van der Waals surface area contributed by atoms with Gasteiger partial charge in [-0.3, -0.25) is 4.90 Å². The molecule has 0 spiro atoms. The minimum Gasteiger partial charge on any atom is -0.337 e. The van der Waals surface area contributed by atoms with Gasteiger partial charge in [-0.15, -0.1) is 0 Å². The number of piperazine rings is 1. The first-order chi connectivity index (χ1) is 10.1. The summed E-state index contributed by atoms with van der Waals surface area (Å²) < 4.78 is 0. The molecule has 5 nitrogen and oxygen atoms in total. The Morgan fingerprint density at radius 3 is 2.76 bits per heavy atom. The molecular formula is C15H30N4OS. The van der Waals surface area contributed by atoms with E-state index in [9.17, 15) is 4.79 Å². The van der Waals surface area contributed by atoms with Crippen molar-refractivity contribution in [2.45, 2.75) is 43.0 Å². The highest BCUT2D eigenvalue weighted by Gasteiger charge is 2.26. The van der Waals surface area contributed by atoms with Crippen LogP contribution < -0.4 is 10.6 Å². The van der Waals surface area contributed by atoms with Crippen LogP contribution in [0.5, 0.6) is 0 Å². The zero-order valence-corrected chi connectivity index (χ0v) is 14.4. The lowest BCUT2D eigenvalue weighted by Gasteiger charge is -2.38. The number of carbonyl (C=O) groups is 1. The first-order valence-electron chi connectivity index (χ1n) is 8.06. The van der Waals surface area contributed by atoms with Crippen LogP contribution in [-0.2, 0) is 0 Å². The lowest BCUT2D eigenvalue weighted by atomic mass is 9.95. The third kappa shape index (κ3) is 5.04. The van der Waals surface area contributed by atoms with Gasteiger partial charge in [0.05, 0.1) is 0 Å². The smallest absolute Gasteiger partial charge is 0.315 e. The van der Waals surface area contributed by atoms with E-state index in [1.54, 1.807) is 0 Å². The Bertz CT molecular complexity index is 342. The molecule has 122 valence electrons. The molecule has 0 aromatic heterocycles. The summed E-state index contributed by atoms with van der Waals surface area (Å²) in [5, 5.41) is 6.83. The lowest BCUT2D eigenvalue weighted by Crippen LogP contribution is -2.56. The SMILES string of the molecule is CSC1CCCCC1NC(=O)NCC1CN(C)CCN1C. The van der Waals surface area contributed by atoms with Gasteiger partial charge in [-0.05, 0) is 33.2 Å². The van der Waals surface area contributed by atoms with Crippen LogP contribution in [0, 0.1) is 0 Å². The third-order valence-electron chi connectivity index (χ3n) is 4.80. The van der Waals surface area contributed by atoms with E-state index in [0.29, 0.717) is 17.3 Å². The molecule has 0 aromatic carbocycles. The highest BCUT2D eigenvalue weighted by Crippen LogP contribution is 2.26. The number of likely N-dealkylation sites (N-methyl/N-ethyl adjacent to an activating group) is 2. The fraction of sp³-hybridized carbons (Fsp3) is 0.933. The van der Waals surface area contributed by atoms with Crippen molar-refractivity contribution in [3.63, 3.8) is 0 Å². The van der Waals surface area contributed by atoms with Crippen molar-refractivity contribution in [2.75, 3.05) is 46.5 Å². The van der Waals surface area contributed by atoms with E-state index in [1.165, 1.54) is 19.3 Å². The van der Waals surface area contributed by atoms with Gasteiger partial charge in [0, 0.05) is 43.5 Å². The van der Waals surface area contributed by atoms with Gasteiger partial charge in [0.25, 0.3) is 0 Å².